The van der Waals surface area contributed by atoms with E-state index in [9.17, 15) is 23.1 Å². The van der Waals surface area contributed by atoms with Crippen LogP contribution in [0.2, 0.25) is 0 Å². The second-order valence-corrected chi connectivity index (χ2v) is 7.85. The van der Waals surface area contributed by atoms with Crippen molar-refractivity contribution in [2.24, 2.45) is 0 Å². The van der Waals surface area contributed by atoms with Gasteiger partial charge in [-0.1, -0.05) is 36.4 Å². The highest BCUT2D eigenvalue weighted by atomic mass is 32.1. The van der Waals surface area contributed by atoms with Gasteiger partial charge in [0, 0.05) is 16.5 Å². The molecule has 4 rings (SSSR count). The maximum absolute atomic E-state index is 12.3. The van der Waals surface area contributed by atoms with Gasteiger partial charge in [-0.05, 0) is 53.9 Å². The molecule has 1 heterocycles. The van der Waals surface area contributed by atoms with E-state index in [0.29, 0.717) is 27.4 Å². The highest BCUT2D eigenvalue weighted by molar-refractivity contribution is 7.13. The Morgan fingerprint density at radius 1 is 0.969 bits per heavy atom. The standard InChI is InChI=1S/C24H16F3NO3S/c1-14-4-2-3-5-18(14)19-11-8-16(12-20(19)23(29)30)22-28-21(13-32-22)15-6-9-17(10-7-15)31-24(25,26)27/h2-13H,1H3,(H,29,30). The third-order valence-corrected chi connectivity index (χ3v) is 5.71. The van der Waals surface area contributed by atoms with Crippen molar-refractivity contribution in [2.45, 2.75) is 13.3 Å². The van der Waals surface area contributed by atoms with E-state index < -0.39 is 12.3 Å². The van der Waals surface area contributed by atoms with E-state index in [1.54, 1.807) is 17.5 Å². The van der Waals surface area contributed by atoms with Crippen molar-refractivity contribution >= 4 is 17.3 Å². The first-order valence-electron chi connectivity index (χ1n) is 9.47. The molecule has 162 valence electrons. The Kier molecular flexibility index (Phi) is 5.71. The van der Waals surface area contributed by atoms with Crippen molar-refractivity contribution < 1.29 is 27.8 Å². The van der Waals surface area contributed by atoms with Gasteiger partial charge in [0.1, 0.15) is 10.8 Å². The Balaban J connectivity index is 1.65. The molecule has 0 radical (unpaired) electrons. The minimum atomic E-state index is -4.75. The lowest BCUT2D eigenvalue weighted by Gasteiger charge is -2.10. The number of nitrogens with zero attached hydrogens (tertiary/aromatic N) is 1. The van der Waals surface area contributed by atoms with E-state index in [4.69, 9.17) is 0 Å². The predicted octanol–water partition coefficient (Wildman–Crippen LogP) is 7.05. The molecule has 1 aromatic heterocycles. The molecular formula is C24H16F3NO3S. The van der Waals surface area contributed by atoms with Crippen molar-refractivity contribution in [1.82, 2.24) is 4.98 Å². The number of carboxylic acid groups (broad SMARTS) is 1. The number of rotatable bonds is 5. The smallest absolute Gasteiger partial charge is 0.478 e. The fourth-order valence-corrected chi connectivity index (χ4v) is 4.16. The molecule has 0 bridgehead atoms. The van der Waals surface area contributed by atoms with Crippen LogP contribution in [0.5, 0.6) is 5.75 Å². The van der Waals surface area contributed by atoms with E-state index >= 15 is 0 Å². The van der Waals surface area contributed by atoms with Crippen LogP contribution in [0.1, 0.15) is 15.9 Å². The summed E-state index contributed by atoms with van der Waals surface area (Å²) >= 11 is 1.32. The highest BCUT2D eigenvalue weighted by Gasteiger charge is 2.31. The minimum absolute atomic E-state index is 0.169. The average Bonchev–Trinajstić information content (AvgIpc) is 3.23. The molecule has 1 N–H and O–H groups in total. The summed E-state index contributed by atoms with van der Waals surface area (Å²) in [6, 6.07) is 18.2. The van der Waals surface area contributed by atoms with E-state index in [1.807, 2.05) is 37.3 Å². The van der Waals surface area contributed by atoms with Crippen LogP contribution >= 0.6 is 11.3 Å². The van der Waals surface area contributed by atoms with Gasteiger partial charge in [0.05, 0.1) is 11.3 Å². The lowest BCUT2D eigenvalue weighted by molar-refractivity contribution is -0.274. The van der Waals surface area contributed by atoms with Gasteiger partial charge in [-0.3, -0.25) is 0 Å². The topological polar surface area (TPSA) is 59.4 Å². The summed E-state index contributed by atoms with van der Waals surface area (Å²) in [6.07, 6.45) is -4.75. The second kappa shape index (κ2) is 8.47. The molecule has 3 aromatic carbocycles. The van der Waals surface area contributed by atoms with Crippen LogP contribution in [0.25, 0.3) is 33.0 Å². The number of halogens is 3. The summed E-state index contributed by atoms with van der Waals surface area (Å²) in [5.41, 5.74) is 4.45. The molecule has 0 aliphatic heterocycles. The molecule has 0 unspecified atom stereocenters. The number of aromatic nitrogens is 1. The number of alkyl halides is 3. The van der Waals surface area contributed by atoms with Crippen LogP contribution in [0.3, 0.4) is 0 Å². The Bertz CT molecular complexity index is 1280. The average molecular weight is 455 g/mol. The third kappa shape index (κ3) is 4.65. The number of aryl methyl sites for hydroxylation is 1. The zero-order valence-electron chi connectivity index (χ0n) is 16.7. The zero-order valence-corrected chi connectivity index (χ0v) is 17.5. The van der Waals surface area contributed by atoms with Crippen molar-refractivity contribution in [1.29, 1.82) is 0 Å². The molecule has 32 heavy (non-hydrogen) atoms. The maximum atomic E-state index is 12.3. The number of hydrogen-bond acceptors (Lipinski definition) is 4. The maximum Gasteiger partial charge on any atom is 0.573 e. The number of carboxylic acids is 1. The van der Waals surface area contributed by atoms with Gasteiger partial charge in [-0.15, -0.1) is 24.5 Å². The first kappa shape index (κ1) is 21.6. The summed E-state index contributed by atoms with van der Waals surface area (Å²) in [6.45, 7) is 1.92. The Morgan fingerprint density at radius 3 is 2.31 bits per heavy atom. The van der Waals surface area contributed by atoms with Crippen LogP contribution < -0.4 is 4.74 Å². The third-order valence-electron chi connectivity index (χ3n) is 4.82. The van der Waals surface area contributed by atoms with Crippen LogP contribution in [-0.2, 0) is 0 Å². The summed E-state index contributed by atoms with van der Waals surface area (Å²) in [4.78, 5) is 16.5. The first-order valence-corrected chi connectivity index (χ1v) is 10.3. The highest BCUT2D eigenvalue weighted by Crippen LogP contribution is 2.34. The molecule has 0 amide bonds. The molecular weight excluding hydrogens is 439 g/mol. The Morgan fingerprint density at radius 2 is 1.66 bits per heavy atom. The van der Waals surface area contributed by atoms with Gasteiger partial charge in [0.15, 0.2) is 0 Å². The van der Waals surface area contributed by atoms with Crippen LogP contribution in [0.15, 0.2) is 72.1 Å². The van der Waals surface area contributed by atoms with E-state index in [-0.39, 0.29) is 11.3 Å². The molecule has 4 nitrogen and oxygen atoms in total. The number of aromatic carboxylic acids is 1. The normalized spacial score (nSPS) is 11.4. The van der Waals surface area contributed by atoms with Crippen molar-refractivity contribution in [2.75, 3.05) is 0 Å². The molecule has 0 atom stereocenters. The van der Waals surface area contributed by atoms with Crippen LogP contribution in [0.4, 0.5) is 13.2 Å². The lowest BCUT2D eigenvalue weighted by atomic mass is 9.94. The van der Waals surface area contributed by atoms with Crippen molar-refractivity contribution in [3.63, 3.8) is 0 Å². The van der Waals surface area contributed by atoms with E-state index in [1.165, 1.54) is 35.6 Å². The summed E-state index contributed by atoms with van der Waals surface area (Å²) in [7, 11) is 0. The second-order valence-electron chi connectivity index (χ2n) is 6.99. The van der Waals surface area contributed by atoms with Gasteiger partial charge in [0.25, 0.3) is 0 Å². The predicted molar refractivity (Wildman–Crippen MR) is 117 cm³/mol. The molecule has 0 saturated carbocycles. The molecule has 0 aliphatic rings. The van der Waals surface area contributed by atoms with E-state index in [2.05, 4.69) is 9.72 Å². The van der Waals surface area contributed by atoms with Gasteiger partial charge in [-0.2, -0.15) is 0 Å². The fourth-order valence-electron chi connectivity index (χ4n) is 3.33. The Labute approximate surface area is 185 Å². The molecule has 0 fully saturated rings. The number of ether oxygens (including phenoxy) is 1. The number of benzene rings is 3. The molecule has 0 saturated heterocycles. The zero-order chi connectivity index (χ0) is 22.9. The largest absolute Gasteiger partial charge is 0.573 e. The van der Waals surface area contributed by atoms with E-state index in [0.717, 1.165) is 11.1 Å². The van der Waals surface area contributed by atoms with Crippen molar-refractivity contribution in [3.8, 4) is 38.7 Å². The number of carbonyl (C=O) groups is 1. The SMILES string of the molecule is Cc1ccccc1-c1ccc(-c2nc(-c3ccc(OC(F)(F)F)cc3)cs2)cc1C(=O)O. The number of thiazole rings is 1. The van der Waals surface area contributed by atoms with Crippen LogP contribution in [0, 0.1) is 6.92 Å². The van der Waals surface area contributed by atoms with Gasteiger partial charge < -0.3 is 9.84 Å². The quantitative estimate of drug-likeness (QED) is 0.350. The Hall–Kier alpha value is -3.65. The monoisotopic (exact) mass is 455 g/mol. The molecule has 0 aliphatic carbocycles. The van der Waals surface area contributed by atoms with Gasteiger partial charge >= 0.3 is 12.3 Å². The molecule has 0 spiro atoms. The van der Waals surface area contributed by atoms with Crippen molar-refractivity contribution in [3.05, 3.63) is 83.2 Å². The molecule has 8 heteroatoms. The van der Waals surface area contributed by atoms with Gasteiger partial charge in [0.2, 0.25) is 0 Å². The summed E-state index contributed by atoms with van der Waals surface area (Å²) in [5, 5.41) is 12.1. The molecule has 4 aromatic rings. The number of hydrogen-bond donors (Lipinski definition) is 1. The lowest BCUT2D eigenvalue weighted by Crippen LogP contribution is -2.16. The van der Waals surface area contributed by atoms with Gasteiger partial charge in [-0.25, -0.2) is 9.78 Å². The summed E-state index contributed by atoms with van der Waals surface area (Å²) in [5.74, 6) is -1.35. The summed E-state index contributed by atoms with van der Waals surface area (Å²) < 4.78 is 40.9. The first-order chi connectivity index (χ1) is 15.2. The minimum Gasteiger partial charge on any atom is -0.478 e. The fraction of sp³-hybridized carbons (Fsp3) is 0.0833. The van der Waals surface area contributed by atoms with Crippen LogP contribution in [-0.4, -0.2) is 22.4 Å².